The van der Waals surface area contributed by atoms with Gasteiger partial charge in [0.25, 0.3) is 0 Å². The monoisotopic (exact) mass is 230 g/mol. The number of alkyl halides is 1. The molecule has 2 aliphatic rings. The molecule has 3 unspecified atom stereocenters. The van der Waals surface area contributed by atoms with Gasteiger partial charge in [0.05, 0.1) is 5.33 Å². The van der Waals surface area contributed by atoms with Gasteiger partial charge in [-0.1, -0.05) is 22.4 Å². The predicted octanol–water partition coefficient (Wildman–Crippen LogP) is 2.78. The third kappa shape index (κ3) is 1.59. The summed E-state index contributed by atoms with van der Waals surface area (Å²) in [5.41, 5.74) is 0. The molecule has 0 saturated heterocycles. The first kappa shape index (κ1) is 8.74. The number of hydrogen-bond donors (Lipinski definition) is 0. The summed E-state index contributed by atoms with van der Waals surface area (Å²) in [4.78, 5) is 11.2. The molecular weight excluding hydrogens is 216 g/mol. The first-order valence-electron chi connectivity index (χ1n) is 4.87. The van der Waals surface area contributed by atoms with Crippen molar-refractivity contribution in [3.8, 4) is 0 Å². The van der Waals surface area contributed by atoms with Crippen molar-refractivity contribution in [1.29, 1.82) is 0 Å². The lowest BCUT2D eigenvalue weighted by atomic mass is 9.85. The SMILES string of the molecule is O=C(CBr)CC1CC2CCC1C2. The molecule has 68 valence electrons. The standard InChI is InChI=1S/C10H15BrO/c11-6-10(12)5-9-4-7-1-2-8(9)3-7/h7-9H,1-6H2. The van der Waals surface area contributed by atoms with Gasteiger partial charge in [-0.2, -0.15) is 0 Å². The average Bonchev–Trinajstić information content (AvgIpc) is 2.64. The molecule has 2 aliphatic carbocycles. The van der Waals surface area contributed by atoms with Crippen LogP contribution in [0.25, 0.3) is 0 Å². The van der Waals surface area contributed by atoms with Crippen LogP contribution in [-0.2, 0) is 4.79 Å². The first-order chi connectivity index (χ1) is 5.79. The molecule has 2 rings (SSSR count). The van der Waals surface area contributed by atoms with E-state index in [0.29, 0.717) is 11.1 Å². The molecule has 0 aromatic heterocycles. The largest absolute Gasteiger partial charge is 0.299 e. The highest BCUT2D eigenvalue weighted by Crippen LogP contribution is 2.49. The predicted molar refractivity (Wildman–Crippen MR) is 52.4 cm³/mol. The van der Waals surface area contributed by atoms with Crippen LogP contribution >= 0.6 is 15.9 Å². The van der Waals surface area contributed by atoms with Crippen LogP contribution in [0.1, 0.15) is 32.1 Å². The van der Waals surface area contributed by atoms with Crippen molar-refractivity contribution in [3.05, 3.63) is 0 Å². The lowest BCUT2D eigenvalue weighted by molar-refractivity contribution is -0.117. The number of hydrogen-bond acceptors (Lipinski definition) is 1. The molecule has 3 atom stereocenters. The minimum Gasteiger partial charge on any atom is -0.299 e. The van der Waals surface area contributed by atoms with Crippen molar-refractivity contribution >= 4 is 21.7 Å². The van der Waals surface area contributed by atoms with Gasteiger partial charge in [0.2, 0.25) is 0 Å². The minimum atomic E-state index is 0.396. The fourth-order valence-corrected chi connectivity index (χ4v) is 3.20. The Kier molecular flexibility index (Phi) is 2.54. The lowest BCUT2D eigenvalue weighted by Gasteiger charge is -2.20. The van der Waals surface area contributed by atoms with E-state index in [-0.39, 0.29) is 0 Å². The third-order valence-electron chi connectivity index (χ3n) is 3.52. The summed E-state index contributed by atoms with van der Waals surface area (Å²) in [6.45, 7) is 0. The normalized spacial score (nSPS) is 38.9. The van der Waals surface area contributed by atoms with E-state index in [0.717, 1.165) is 24.2 Å². The van der Waals surface area contributed by atoms with Crippen LogP contribution < -0.4 is 0 Å². The van der Waals surface area contributed by atoms with Gasteiger partial charge in [0.1, 0.15) is 5.78 Å². The molecule has 1 nitrogen and oxygen atoms in total. The van der Waals surface area contributed by atoms with Crippen molar-refractivity contribution in [3.63, 3.8) is 0 Å². The molecule has 0 aromatic carbocycles. The molecule has 0 aliphatic heterocycles. The van der Waals surface area contributed by atoms with Crippen LogP contribution in [0.2, 0.25) is 0 Å². The highest BCUT2D eigenvalue weighted by Gasteiger charge is 2.39. The molecule has 2 fully saturated rings. The van der Waals surface area contributed by atoms with E-state index >= 15 is 0 Å². The molecule has 2 saturated carbocycles. The molecule has 0 spiro atoms. The Labute approximate surface area is 82.0 Å². The van der Waals surface area contributed by atoms with Crippen molar-refractivity contribution in [2.24, 2.45) is 17.8 Å². The summed E-state index contributed by atoms with van der Waals surface area (Å²) < 4.78 is 0. The molecule has 0 radical (unpaired) electrons. The van der Waals surface area contributed by atoms with Gasteiger partial charge in [-0.15, -0.1) is 0 Å². The summed E-state index contributed by atoms with van der Waals surface area (Å²) >= 11 is 3.23. The van der Waals surface area contributed by atoms with Gasteiger partial charge in [-0.3, -0.25) is 4.79 Å². The van der Waals surface area contributed by atoms with Gasteiger partial charge in [-0.25, -0.2) is 0 Å². The molecule has 0 heterocycles. The third-order valence-corrected chi connectivity index (χ3v) is 4.15. The van der Waals surface area contributed by atoms with Gasteiger partial charge in [0, 0.05) is 6.42 Å². The summed E-state index contributed by atoms with van der Waals surface area (Å²) in [7, 11) is 0. The van der Waals surface area contributed by atoms with Gasteiger partial charge >= 0.3 is 0 Å². The molecule has 0 N–H and O–H groups in total. The Hall–Kier alpha value is 0.150. The number of carbonyl (C=O) groups excluding carboxylic acids is 1. The Balaban J connectivity index is 1.86. The molecule has 0 amide bonds. The van der Waals surface area contributed by atoms with E-state index in [1.165, 1.54) is 25.7 Å². The van der Waals surface area contributed by atoms with Crippen molar-refractivity contribution in [2.75, 3.05) is 5.33 Å². The lowest BCUT2D eigenvalue weighted by Crippen LogP contribution is -2.15. The van der Waals surface area contributed by atoms with E-state index in [2.05, 4.69) is 15.9 Å². The average molecular weight is 231 g/mol. The van der Waals surface area contributed by atoms with Gasteiger partial charge in [-0.05, 0) is 37.0 Å². The van der Waals surface area contributed by atoms with Crippen LogP contribution in [0, 0.1) is 17.8 Å². The van der Waals surface area contributed by atoms with E-state index < -0.39 is 0 Å². The maximum absolute atomic E-state index is 11.2. The van der Waals surface area contributed by atoms with Crippen LogP contribution in [0.5, 0.6) is 0 Å². The van der Waals surface area contributed by atoms with Crippen molar-refractivity contribution in [1.82, 2.24) is 0 Å². The summed E-state index contributed by atoms with van der Waals surface area (Å²) in [5.74, 6) is 3.02. The zero-order valence-electron chi connectivity index (χ0n) is 7.26. The number of fused-ring (bicyclic) bond motifs is 2. The maximum atomic E-state index is 11.2. The van der Waals surface area contributed by atoms with Gasteiger partial charge < -0.3 is 0 Å². The van der Waals surface area contributed by atoms with E-state index in [9.17, 15) is 4.79 Å². The van der Waals surface area contributed by atoms with Crippen molar-refractivity contribution < 1.29 is 4.79 Å². The van der Waals surface area contributed by atoms with Crippen molar-refractivity contribution in [2.45, 2.75) is 32.1 Å². The number of carbonyl (C=O) groups is 1. The Morgan fingerprint density at radius 1 is 1.33 bits per heavy atom. The highest BCUT2D eigenvalue weighted by molar-refractivity contribution is 9.09. The second-order valence-electron chi connectivity index (χ2n) is 4.31. The van der Waals surface area contributed by atoms with Crippen LogP contribution in [0.3, 0.4) is 0 Å². The van der Waals surface area contributed by atoms with E-state index in [1.54, 1.807) is 0 Å². The fraction of sp³-hybridized carbons (Fsp3) is 0.900. The van der Waals surface area contributed by atoms with E-state index in [1.807, 2.05) is 0 Å². The maximum Gasteiger partial charge on any atom is 0.143 e. The number of halogens is 1. The second kappa shape index (κ2) is 3.49. The molecular formula is C10H15BrO. The fourth-order valence-electron chi connectivity index (χ4n) is 2.97. The molecule has 2 bridgehead atoms. The smallest absolute Gasteiger partial charge is 0.143 e. The quantitative estimate of drug-likeness (QED) is 0.682. The summed E-state index contributed by atoms with van der Waals surface area (Å²) in [6, 6.07) is 0. The molecule has 2 heteroatoms. The zero-order valence-corrected chi connectivity index (χ0v) is 8.85. The number of Topliss-reactive ketones (excluding diaryl/α,β-unsaturated/α-hetero) is 1. The molecule has 0 aromatic rings. The van der Waals surface area contributed by atoms with Gasteiger partial charge in [0.15, 0.2) is 0 Å². The Morgan fingerprint density at radius 3 is 2.67 bits per heavy atom. The molecule has 12 heavy (non-hydrogen) atoms. The summed E-state index contributed by atoms with van der Waals surface area (Å²) in [6.07, 6.45) is 6.42. The number of ketones is 1. The Bertz CT molecular complexity index is 190. The number of rotatable bonds is 3. The summed E-state index contributed by atoms with van der Waals surface area (Å²) in [5, 5.41) is 0.556. The van der Waals surface area contributed by atoms with Crippen LogP contribution in [-0.4, -0.2) is 11.1 Å². The Morgan fingerprint density at radius 2 is 2.17 bits per heavy atom. The minimum absolute atomic E-state index is 0.396. The first-order valence-corrected chi connectivity index (χ1v) is 5.99. The van der Waals surface area contributed by atoms with Crippen LogP contribution in [0.15, 0.2) is 0 Å². The topological polar surface area (TPSA) is 17.1 Å². The van der Waals surface area contributed by atoms with E-state index in [4.69, 9.17) is 0 Å². The highest BCUT2D eigenvalue weighted by atomic mass is 79.9. The second-order valence-corrected chi connectivity index (χ2v) is 4.87. The van der Waals surface area contributed by atoms with Crippen LogP contribution in [0.4, 0.5) is 0 Å². The zero-order chi connectivity index (χ0) is 8.55.